The van der Waals surface area contributed by atoms with Gasteiger partial charge in [0.15, 0.2) is 0 Å². The van der Waals surface area contributed by atoms with Crippen LogP contribution in [0.5, 0.6) is 0 Å². The molecule has 13 heteroatoms. The number of alkyl carbamates (subject to hydrolysis) is 1. The maximum atomic E-state index is 14.4. The van der Waals surface area contributed by atoms with Crippen molar-refractivity contribution in [1.82, 2.24) is 20.8 Å². The lowest BCUT2D eigenvalue weighted by Crippen LogP contribution is -2.46. The Hall–Kier alpha value is -5.97. The number of ether oxygens (including phenoxy) is 1. The van der Waals surface area contributed by atoms with E-state index in [1.54, 1.807) is 66.9 Å². The van der Waals surface area contributed by atoms with Crippen molar-refractivity contribution in [2.45, 2.75) is 37.7 Å². The highest BCUT2D eigenvalue weighted by Gasteiger charge is 2.39. The van der Waals surface area contributed by atoms with Gasteiger partial charge in [-0.3, -0.25) is 9.36 Å². The molecule has 4 aromatic carbocycles. The molecule has 0 radical (unpaired) electrons. The molecule has 272 valence electrons. The SMILES string of the molecule is O=C(N[C@@H](Cc1ccccc1)P(=O)(O)CC(Cc1cc(-c2ccccc2)no1)C(=O)N[C@@H](Cc1c[nH]c2ccccc12)C(=O)O)OCc1ccccc1. The van der Waals surface area contributed by atoms with Gasteiger partial charge in [-0.2, -0.15) is 0 Å². The van der Waals surface area contributed by atoms with Gasteiger partial charge in [-0.1, -0.05) is 114 Å². The quantitative estimate of drug-likeness (QED) is 0.0688. The summed E-state index contributed by atoms with van der Waals surface area (Å²) in [5, 5.41) is 20.3. The lowest BCUT2D eigenvalue weighted by atomic mass is 10.0. The van der Waals surface area contributed by atoms with Crippen LogP contribution in [-0.2, 0) is 44.8 Å². The Morgan fingerprint density at radius 1 is 0.811 bits per heavy atom. The highest BCUT2D eigenvalue weighted by Crippen LogP contribution is 2.48. The molecule has 2 heterocycles. The molecule has 2 aromatic heterocycles. The number of rotatable bonds is 16. The summed E-state index contributed by atoms with van der Waals surface area (Å²) in [5.41, 5.74) is 4.16. The third-order valence-electron chi connectivity index (χ3n) is 8.90. The molecule has 0 saturated heterocycles. The molecule has 0 spiro atoms. The number of hydrogen-bond donors (Lipinski definition) is 5. The van der Waals surface area contributed by atoms with E-state index < -0.39 is 49.2 Å². The molecule has 0 aliphatic heterocycles. The standard InChI is InChI=1S/C40H39N4O8P/c45-38(42-36(39(46)47)22-30-24-41-34-19-11-10-18-33(30)34)31(21-32-23-35(44-52-32)29-16-8-3-9-17-29)26-53(49,50)37(20-27-12-4-1-5-13-27)43-40(48)51-25-28-14-6-2-7-15-28/h1-19,23-24,31,36-37,41H,20-22,25-26H2,(H,42,45)(H,43,48)(H,46,47)(H,49,50)/t31?,36-,37+/m0/s1. The van der Waals surface area contributed by atoms with Crippen LogP contribution in [0.15, 0.2) is 132 Å². The van der Waals surface area contributed by atoms with E-state index in [0.29, 0.717) is 16.8 Å². The monoisotopic (exact) mass is 734 g/mol. The number of nitrogens with zero attached hydrogens (tertiary/aromatic N) is 1. The molecule has 0 bridgehead atoms. The van der Waals surface area contributed by atoms with Crippen LogP contribution < -0.4 is 10.6 Å². The first-order valence-electron chi connectivity index (χ1n) is 17.1. The van der Waals surface area contributed by atoms with Gasteiger partial charge in [0.25, 0.3) is 0 Å². The topological polar surface area (TPSA) is 184 Å². The smallest absolute Gasteiger partial charge is 0.408 e. The summed E-state index contributed by atoms with van der Waals surface area (Å²) in [6, 6.07) is 34.8. The fourth-order valence-electron chi connectivity index (χ4n) is 6.12. The van der Waals surface area contributed by atoms with E-state index in [9.17, 15) is 28.9 Å². The minimum absolute atomic E-state index is 0.0395. The number of fused-ring (bicyclic) bond motifs is 1. The number of H-pyrrole nitrogens is 1. The summed E-state index contributed by atoms with van der Waals surface area (Å²) in [6.07, 6.45) is -0.0783. The largest absolute Gasteiger partial charge is 0.480 e. The molecule has 53 heavy (non-hydrogen) atoms. The Bertz CT molecular complexity index is 2190. The number of amides is 2. The molecule has 12 nitrogen and oxygen atoms in total. The maximum Gasteiger partial charge on any atom is 0.408 e. The van der Waals surface area contributed by atoms with Crippen LogP contribution in [0.4, 0.5) is 4.79 Å². The van der Waals surface area contributed by atoms with Crippen LogP contribution in [-0.4, -0.2) is 56.1 Å². The summed E-state index contributed by atoms with van der Waals surface area (Å²) < 4.78 is 25.4. The van der Waals surface area contributed by atoms with E-state index in [0.717, 1.165) is 22.0 Å². The van der Waals surface area contributed by atoms with Crippen LogP contribution in [0, 0.1) is 5.92 Å². The fraction of sp³-hybridized carbons (Fsp3) is 0.200. The van der Waals surface area contributed by atoms with E-state index in [1.165, 1.54) is 0 Å². The lowest BCUT2D eigenvalue weighted by Gasteiger charge is -2.27. The van der Waals surface area contributed by atoms with Gasteiger partial charge in [-0.25, -0.2) is 9.59 Å². The van der Waals surface area contributed by atoms with Gasteiger partial charge in [0.2, 0.25) is 13.3 Å². The van der Waals surface area contributed by atoms with E-state index in [1.807, 2.05) is 60.7 Å². The zero-order valence-electron chi connectivity index (χ0n) is 28.6. The fourth-order valence-corrected chi connectivity index (χ4v) is 8.11. The number of carbonyl (C=O) groups excluding carboxylic acids is 2. The van der Waals surface area contributed by atoms with Gasteiger partial charge in [0.1, 0.15) is 29.9 Å². The van der Waals surface area contributed by atoms with E-state index in [-0.39, 0.29) is 31.6 Å². The molecule has 4 atom stereocenters. The first-order chi connectivity index (χ1) is 25.6. The molecule has 2 unspecified atom stereocenters. The molecular formula is C40H39N4O8P. The Labute approximate surface area is 305 Å². The van der Waals surface area contributed by atoms with Crippen molar-refractivity contribution in [3.05, 3.63) is 150 Å². The molecular weight excluding hydrogens is 695 g/mol. The highest BCUT2D eigenvalue weighted by atomic mass is 31.2. The van der Waals surface area contributed by atoms with Gasteiger partial charge < -0.3 is 34.9 Å². The van der Waals surface area contributed by atoms with Gasteiger partial charge in [0, 0.05) is 54.2 Å². The van der Waals surface area contributed by atoms with E-state index >= 15 is 0 Å². The number of carbonyl (C=O) groups is 3. The normalized spacial score (nSPS) is 14.1. The van der Waals surface area contributed by atoms with Crippen molar-refractivity contribution in [3.8, 4) is 11.3 Å². The van der Waals surface area contributed by atoms with E-state index in [4.69, 9.17) is 9.26 Å². The number of aliphatic carboxylic acids is 1. The first kappa shape index (κ1) is 36.8. The number of hydrogen-bond acceptors (Lipinski definition) is 7. The second kappa shape index (κ2) is 17.0. The summed E-state index contributed by atoms with van der Waals surface area (Å²) in [5.74, 6) is -4.39. The number of benzene rings is 4. The Morgan fingerprint density at radius 2 is 1.45 bits per heavy atom. The molecule has 0 saturated carbocycles. The molecule has 6 aromatic rings. The van der Waals surface area contributed by atoms with Crippen LogP contribution in [0.2, 0.25) is 0 Å². The van der Waals surface area contributed by atoms with Crippen molar-refractivity contribution >= 4 is 36.2 Å². The summed E-state index contributed by atoms with van der Waals surface area (Å²) in [6.45, 7) is -0.0618. The molecule has 0 fully saturated rings. The molecule has 0 aliphatic carbocycles. The molecule has 6 rings (SSSR count). The highest BCUT2D eigenvalue weighted by molar-refractivity contribution is 7.58. The summed E-state index contributed by atoms with van der Waals surface area (Å²) in [7, 11) is -4.46. The first-order valence-corrected chi connectivity index (χ1v) is 19.0. The Kier molecular flexibility index (Phi) is 11.8. The van der Waals surface area contributed by atoms with Gasteiger partial charge in [-0.05, 0) is 22.8 Å². The van der Waals surface area contributed by atoms with Gasteiger partial charge in [-0.15, -0.1) is 0 Å². The number of aromatic nitrogens is 2. The van der Waals surface area contributed by atoms with Crippen molar-refractivity contribution in [2.75, 3.05) is 6.16 Å². The average Bonchev–Trinajstić information content (AvgIpc) is 3.81. The number of carboxylic acid groups (broad SMARTS) is 1. The van der Waals surface area contributed by atoms with Crippen molar-refractivity contribution in [1.29, 1.82) is 0 Å². The number of aromatic amines is 1. The summed E-state index contributed by atoms with van der Waals surface area (Å²) >= 11 is 0. The molecule has 5 N–H and O–H groups in total. The Morgan fingerprint density at radius 3 is 2.15 bits per heavy atom. The van der Waals surface area contributed by atoms with Gasteiger partial charge >= 0.3 is 12.1 Å². The minimum atomic E-state index is -4.46. The van der Waals surface area contributed by atoms with Crippen LogP contribution in [0.25, 0.3) is 22.2 Å². The van der Waals surface area contributed by atoms with Crippen molar-refractivity contribution in [3.63, 3.8) is 0 Å². The van der Waals surface area contributed by atoms with Crippen LogP contribution in [0.1, 0.15) is 22.5 Å². The predicted octanol–water partition coefficient (Wildman–Crippen LogP) is 6.56. The third-order valence-corrected chi connectivity index (χ3v) is 11.1. The van der Waals surface area contributed by atoms with Crippen molar-refractivity contribution in [2.24, 2.45) is 5.92 Å². The number of nitrogens with one attached hydrogen (secondary N) is 3. The predicted molar refractivity (Wildman–Crippen MR) is 199 cm³/mol. The van der Waals surface area contributed by atoms with Gasteiger partial charge in [0.05, 0.1) is 5.92 Å². The zero-order valence-corrected chi connectivity index (χ0v) is 29.5. The second-order valence-electron chi connectivity index (χ2n) is 12.8. The second-order valence-corrected chi connectivity index (χ2v) is 15.3. The van der Waals surface area contributed by atoms with Crippen LogP contribution in [0.3, 0.4) is 0 Å². The third kappa shape index (κ3) is 9.88. The number of carboxylic acids is 1. The summed E-state index contributed by atoms with van der Waals surface area (Å²) in [4.78, 5) is 54.5. The Balaban J connectivity index is 1.26. The van der Waals surface area contributed by atoms with E-state index in [2.05, 4.69) is 20.8 Å². The van der Waals surface area contributed by atoms with Crippen molar-refractivity contribution < 1.29 is 38.2 Å². The maximum absolute atomic E-state index is 14.4. The average molecular weight is 735 g/mol. The lowest BCUT2D eigenvalue weighted by molar-refractivity contribution is -0.142. The number of para-hydroxylation sites is 1. The minimum Gasteiger partial charge on any atom is -0.480 e. The van der Waals surface area contributed by atoms with Crippen LogP contribution >= 0.6 is 7.37 Å². The zero-order chi connectivity index (χ0) is 37.2. The molecule has 2 amide bonds. The molecule has 0 aliphatic rings.